The smallest absolute Gasteiger partial charge is 0.238 e. The van der Waals surface area contributed by atoms with E-state index in [0.717, 1.165) is 82.7 Å². The van der Waals surface area contributed by atoms with Crippen molar-refractivity contribution >= 4 is 65.6 Å². The number of aromatic nitrogens is 5. The van der Waals surface area contributed by atoms with Crippen molar-refractivity contribution < 1.29 is 4.42 Å². The van der Waals surface area contributed by atoms with Crippen molar-refractivity contribution in [2.75, 3.05) is 0 Å². The Balaban J connectivity index is 1.08. The first-order chi connectivity index (χ1) is 28.3. The van der Waals surface area contributed by atoms with Gasteiger partial charge in [0.2, 0.25) is 5.95 Å². The van der Waals surface area contributed by atoms with Crippen LogP contribution in [0.2, 0.25) is 0 Å². The molecule has 0 spiro atoms. The normalized spacial score (nSPS) is 11.9. The molecule has 0 bridgehead atoms. The standard InChI is InChI=1S/C51H31N5O/c1-3-13-32(14-4-1)33-23-25-34(26-24-33)49-52-50(54-51(53-49)56-43-21-11-7-17-37(43)38-18-8-12-22-44(38)56)35-27-28-41-46(31-35)57-45-30-29-40-39-19-9-10-20-42(39)55(48(40)47(41)45)36-15-5-2-6-16-36/h1-31H. The first kappa shape index (κ1) is 31.5. The van der Waals surface area contributed by atoms with E-state index in [9.17, 15) is 0 Å². The van der Waals surface area contributed by atoms with E-state index in [1.165, 1.54) is 10.8 Å². The van der Waals surface area contributed by atoms with E-state index in [1.807, 2.05) is 6.07 Å². The Bertz CT molecular complexity index is 3450. The fourth-order valence-electron chi connectivity index (χ4n) is 8.60. The average molecular weight is 730 g/mol. The second-order valence-electron chi connectivity index (χ2n) is 14.4. The number of benzene rings is 8. The maximum Gasteiger partial charge on any atom is 0.238 e. The number of hydrogen-bond acceptors (Lipinski definition) is 4. The highest BCUT2D eigenvalue weighted by atomic mass is 16.3. The Kier molecular flexibility index (Phi) is 6.83. The van der Waals surface area contributed by atoms with Crippen LogP contribution in [0, 0.1) is 0 Å². The van der Waals surface area contributed by atoms with Gasteiger partial charge in [-0.25, -0.2) is 4.98 Å². The minimum Gasteiger partial charge on any atom is -0.456 e. The van der Waals surface area contributed by atoms with Crippen LogP contribution in [0.3, 0.4) is 0 Å². The molecule has 0 aliphatic heterocycles. The zero-order valence-electron chi connectivity index (χ0n) is 30.5. The molecule has 0 radical (unpaired) electrons. The number of rotatable bonds is 5. The topological polar surface area (TPSA) is 61.7 Å². The van der Waals surface area contributed by atoms with Gasteiger partial charge in [-0.15, -0.1) is 0 Å². The summed E-state index contributed by atoms with van der Waals surface area (Å²) in [4.78, 5) is 15.6. The number of hydrogen-bond donors (Lipinski definition) is 0. The van der Waals surface area contributed by atoms with Gasteiger partial charge in [-0.2, -0.15) is 9.97 Å². The third kappa shape index (κ3) is 4.87. The minimum absolute atomic E-state index is 0.554. The predicted octanol–water partition coefficient (Wildman–Crippen LogP) is 13.0. The van der Waals surface area contributed by atoms with Crippen molar-refractivity contribution in [3.05, 3.63) is 188 Å². The van der Waals surface area contributed by atoms with E-state index in [0.29, 0.717) is 17.6 Å². The second-order valence-corrected chi connectivity index (χ2v) is 14.4. The van der Waals surface area contributed by atoms with Crippen LogP contribution in [0.15, 0.2) is 192 Å². The lowest BCUT2D eigenvalue weighted by molar-refractivity contribution is 0.669. The zero-order chi connectivity index (χ0) is 37.5. The van der Waals surface area contributed by atoms with E-state index in [4.69, 9.17) is 19.4 Å². The number of fused-ring (bicyclic) bond motifs is 10. The molecule has 0 saturated heterocycles. The number of nitrogens with zero attached hydrogens (tertiary/aromatic N) is 5. The van der Waals surface area contributed by atoms with Crippen LogP contribution in [-0.4, -0.2) is 24.1 Å². The summed E-state index contributed by atoms with van der Waals surface area (Å²) in [7, 11) is 0. The molecule has 0 unspecified atom stereocenters. The molecular weight excluding hydrogens is 699 g/mol. The number of para-hydroxylation sites is 4. The van der Waals surface area contributed by atoms with Crippen LogP contribution in [0.4, 0.5) is 0 Å². The third-order valence-electron chi connectivity index (χ3n) is 11.2. The quantitative estimate of drug-likeness (QED) is 0.177. The summed E-state index contributed by atoms with van der Waals surface area (Å²) < 4.78 is 11.2. The van der Waals surface area contributed by atoms with Crippen LogP contribution in [-0.2, 0) is 0 Å². The monoisotopic (exact) mass is 729 g/mol. The molecule has 8 aromatic carbocycles. The van der Waals surface area contributed by atoms with Crippen molar-refractivity contribution in [3.8, 4) is 45.5 Å². The number of furan rings is 1. The molecule has 0 amide bonds. The molecule has 0 aliphatic carbocycles. The Morgan fingerprint density at radius 3 is 1.54 bits per heavy atom. The van der Waals surface area contributed by atoms with Crippen molar-refractivity contribution in [1.29, 1.82) is 0 Å². The second kappa shape index (κ2) is 12.3. The van der Waals surface area contributed by atoms with Crippen LogP contribution < -0.4 is 0 Å². The van der Waals surface area contributed by atoms with Gasteiger partial charge in [-0.3, -0.25) is 4.57 Å². The van der Waals surface area contributed by atoms with Gasteiger partial charge in [0.15, 0.2) is 11.6 Å². The average Bonchev–Trinajstić information content (AvgIpc) is 3.94. The van der Waals surface area contributed by atoms with E-state index in [2.05, 4.69) is 191 Å². The Hall–Kier alpha value is -7.83. The van der Waals surface area contributed by atoms with Crippen LogP contribution in [0.1, 0.15) is 0 Å². The van der Waals surface area contributed by atoms with Gasteiger partial charge >= 0.3 is 0 Å². The first-order valence-corrected chi connectivity index (χ1v) is 19.1. The molecule has 0 aliphatic rings. The van der Waals surface area contributed by atoms with Gasteiger partial charge in [-0.05, 0) is 65.7 Å². The van der Waals surface area contributed by atoms with E-state index in [-0.39, 0.29) is 0 Å². The van der Waals surface area contributed by atoms with Crippen molar-refractivity contribution in [2.24, 2.45) is 0 Å². The van der Waals surface area contributed by atoms with Gasteiger partial charge < -0.3 is 8.98 Å². The summed E-state index contributed by atoms with van der Waals surface area (Å²) in [5.41, 5.74) is 11.1. The highest BCUT2D eigenvalue weighted by Crippen LogP contribution is 2.42. The molecule has 0 fully saturated rings. The SMILES string of the molecule is c1ccc(-c2ccc(-c3nc(-c4ccc5c(c4)oc4ccc6c7ccccc7n(-c7ccccc7)c6c45)nc(-n4c5ccccc5c5ccccc54)n3)cc2)cc1. The molecule has 12 aromatic rings. The van der Waals surface area contributed by atoms with Crippen LogP contribution >= 0.6 is 0 Å². The van der Waals surface area contributed by atoms with Crippen LogP contribution in [0.25, 0.3) is 111 Å². The van der Waals surface area contributed by atoms with Crippen molar-refractivity contribution in [3.63, 3.8) is 0 Å². The predicted molar refractivity (Wildman–Crippen MR) is 232 cm³/mol. The molecule has 266 valence electrons. The zero-order valence-corrected chi connectivity index (χ0v) is 30.5. The van der Waals surface area contributed by atoms with Gasteiger partial charge in [-0.1, -0.05) is 133 Å². The molecule has 4 aromatic heterocycles. The van der Waals surface area contributed by atoms with Gasteiger partial charge in [0, 0.05) is 43.7 Å². The summed E-state index contributed by atoms with van der Waals surface area (Å²) in [5, 5.41) is 6.79. The highest BCUT2D eigenvalue weighted by molar-refractivity contribution is 6.24. The van der Waals surface area contributed by atoms with Gasteiger partial charge in [0.25, 0.3) is 0 Å². The molecule has 0 N–H and O–H groups in total. The highest BCUT2D eigenvalue weighted by Gasteiger charge is 2.21. The lowest BCUT2D eigenvalue weighted by Crippen LogP contribution is -2.06. The van der Waals surface area contributed by atoms with Gasteiger partial charge in [0.1, 0.15) is 11.2 Å². The molecule has 4 heterocycles. The largest absolute Gasteiger partial charge is 0.456 e. The Morgan fingerprint density at radius 1 is 0.351 bits per heavy atom. The summed E-state index contributed by atoms with van der Waals surface area (Å²) in [5.74, 6) is 1.71. The molecular formula is C51H31N5O. The summed E-state index contributed by atoms with van der Waals surface area (Å²) in [6.07, 6.45) is 0. The molecule has 57 heavy (non-hydrogen) atoms. The van der Waals surface area contributed by atoms with Crippen LogP contribution in [0.5, 0.6) is 0 Å². The summed E-state index contributed by atoms with van der Waals surface area (Å²) in [6.45, 7) is 0. The maximum absolute atomic E-state index is 6.71. The Morgan fingerprint density at radius 2 is 0.860 bits per heavy atom. The lowest BCUT2D eigenvalue weighted by Gasteiger charge is -2.11. The molecule has 0 atom stereocenters. The molecule has 12 rings (SSSR count). The first-order valence-electron chi connectivity index (χ1n) is 19.1. The fraction of sp³-hybridized carbons (Fsp3) is 0. The molecule has 6 nitrogen and oxygen atoms in total. The molecule has 6 heteroatoms. The van der Waals surface area contributed by atoms with Crippen molar-refractivity contribution in [2.45, 2.75) is 0 Å². The Labute approximate surface area is 326 Å². The molecule has 0 saturated carbocycles. The summed E-state index contributed by atoms with van der Waals surface area (Å²) in [6, 6.07) is 65.5. The minimum atomic E-state index is 0.554. The maximum atomic E-state index is 6.71. The summed E-state index contributed by atoms with van der Waals surface area (Å²) >= 11 is 0. The van der Waals surface area contributed by atoms with Gasteiger partial charge in [0.05, 0.1) is 27.5 Å². The lowest BCUT2D eigenvalue weighted by atomic mass is 10.0. The van der Waals surface area contributed by atoms with Crippen molar-refractivity contribution in [1.82, 2.24) is 24.1 Å². The van der Waals surface area contributed by atoms with E-state index >= 15 is 0 Å². The third-order valence-corrected chi connectivity index (χ3v) is 11.2. The van der Waals surface area contributed by atoms with E-state index in [1.54, 1.807) is 0 Å². The fourth-order valence-corrected chi connectivity index (χ4v) is 8.60. The van der Waals surface area contributed by atoms with E-state index < -0.39 is 0 Å².